The molecule has 0 aliphatic rings. The number of nitrogens with one attached hydrogen (secondary N) is 2. The zero-order chi connectivity index (χ0) is 16.8. The Morgan fingerprint density at radius 2 is 1.83 bits per heavy atom. The van der Waals surface area contributed by atoms with Gasteiger partial charge in [0.15, 0.2) is 5.78 Å². The maximum atomic E-state index is 12.2. The van der Waals surface area contributed by atoms with Crippen LogP contribution in [0.15, 0.2) is 36.7 Å². The first-order valence-corrected chi connectivity index (χ1v) is 7.44. The van der Waals surface area contributed by atoms with Crippen molar-refractivity contribution in [1.29, 1.82) is 0 Å². The Labute approximate surface area is 135 Å². The Morgan fingerprint density at radius 1 is 1.13 bits per heavy atom. The molecule has 0 fully saturated rings. The Bertz CT molecular complexity index is 696. The monoisotopic (exact) mass is 312 g/mol. The van der Waals surface area contributed by atoms with Gasteiger partial charge in [-0.3, -0.25) is 9.59 Å². The third kappa shape index (κ3) is 4.88. The molecule has 0 atom stereocenters. The minimum atomic E-state index is -0.318. The SMILES string of the molecule is CC(=O)c1cccc(NC(=O)c2cnc(NCC(C)C)nc2)c1. The van der Waals surface area contributed by atoms with Crippen molar-refractivity contribution >= 4 is 23.3 Å². The number of amides is 1. The molecule has 1 aromatic heterocycles. The van der Waals surface area contributed by atoms with Crippen molar-refractivity contribution in [1.82, 2.24) is 9.97 Å². The van der Waals surface area contributed by atoms with Crippen molar-refractivity contribution < 1.29 is 9.59 Å². The fourth-order valence-corrected chi connectivity index (χ4v) is 1.85. The van der Waals surface area contributed by atoms with E-state index >= 15 is 0 Å². The van der Waals surface area contributed by atoms with Crippen LogP contribution < -0.4 is 10.6 Å². The van der Waals surface area contributed by atoms with Crippen LogP contribution >= 0.6 is 0 Å². The number of benzene rings is 1. The molecule has 2 N–H and O–H groups in total. The zero-order valence-corrected chi connectivity index (χ0v) is 13.5. The van der Waals surface area contributed by atoms with E-state index in [1.54, 1.807) is 24.3 Å². The number of hydrogen-bond donors (Lipinski definition) is 2. The number of Topliss-reactive ketones (excluding diaryl/α,β-unsaturated/α-hetero) is 1. The molecule has 0 unspecified atom stereocenters. The van der Waals surface area contributed by atoms with Crippen LogP contribution in [0.1, 0.15) is 41.5 Å². The summed E-state index contributed by atoms with van der Waals surface area (Å²) in [6.45, 7) is 6.43. The Kier molecular flexibility index (Phi) is 5.41. The maximum absolute atomic E-state index is 12.2. The van der Waals surface area contributed by atoms with Crippen molar-refractivity contribution in [3.63, 3.8) is 0 Å². The summed E-state index contributed by atoms with van der Waals surface area (Å²) in [5.74, 6) is 0.607. The highest BCUT2D eigenvalue weighted by Crippen LogP contribution is 2.13. The maximum Gasteiger partial charge on any atom is 0.258 e. The number of rotatable bonds is 6. The molecular weight excluding hydrogens is 292 g/mol. The number of hydrogen-bond acceptors (Lipinski definition) is 5. The Hall–Kier alpha value is -2.76. The predicted molar refractivity (Wildman–Crippen MR) is 89.8 cm³/mol. The summed E-state index contributed by atoms with van der Waals surface area (Å²) in [7, 11) is 0. The number of carbonyl (C=O) groups is 2. The van der Waals surface area contributed by atoms with E-state index in [4.69, 9.17) is 0 Å². The quantitative estimate of drug-likeness (QED) is 0.801. The van der Waals surface area contributed by atoms with Crippen molar-refractivity contribution in [3.05, 3.63) is 47.8 Å². The van der Waals surface area contributed by atoms with Gasteiger partial charge < -0.3 is 10.6 Å². The van der Waals surface area contributed by atoms with Gasteiger partial charge in [0.05, 0.1) is 5.56 Å². The third-order valence-corrected chi connectivity index (χ3v) is 3.11. The molecule has 6 heteroatoms. The van der Waals surface area contributed by atoms with E-state index in [9.17, 15) is 9.59 Å². The van der Waals surface area contributed by atoms with Crippen LogP contribution in [0.5, 0.6) is 0 Å². The molecule has 1 aromatic carbocycles. The van der Waals surface area contributed by atoms with Crippen LogP contribution in [0.2, 0.25) is 0 Å². The molecule has 0 aliphatic carbocycles. The number of nitrogens with zero attached hydrogens (tertiary/aromatic N) is 2. The van der Waals surface area contributed by atoms with Crippen molar-refractivity contribution in [2.75, 3.05) is 17.2 Å². The van der Waals surface area contributed by atoms with E-state index in [0.29, 0.717) is 28.7 Å². The van der Waals surface area contributed by atoms with Gasteiger partial charge in [0, 0.05) is 30.2 Å². The van der Waals surface area contributed by atoms with Crippen LogP contribution in [-0.2, 0) is 0 Å². The first-order valence-electron chi connectivity index (χ1n) is 7.44. The predicted octanol–water partition coefficient (Wildman–Crippen LogP) is 3.00. The molecule has 1 heterocycles. The van der Waals surface area contributed by atoms with Gasteiger partial charge in [-0.2, -0.15) is 0 Å². The van der Waals surface area contributed by atoms with E-state index < -0.39 is 0 Å². The number of carbonyl (C=O) groups excluding carboxylic acids is 2. The van der Waals surface area contributed by atoms with Crippen LogP contribution in [0, 0.1) is 5.92 Å². The van der Waals surface area contributed by atoms with Crippen molar-refractivity contribution in [3.8, 4) is 0 Å². The minimum Gasteiger partial charge on any atom is -0.354 e. The van der Waals surface area contributed by atoms with E-state index in [2.05, 4.69) is 34.4 Å². The van der Waals surface area contributed by atoms with Crippen molar-refractivity contribution in [2.45, 2.75) is 20.8 Å². The summed E-state index contributed by atoms with van der Waals surface area (Å²) in [4.78, 5) is 31.8. The second kappa shape index (κ2) is 7.49. The zero-order valence-electron chi connectivity index (χ0n) is 13.5. The van der Waals surface area contributed by atoms with Gasteiger partial charge in [0.1, 0.15) is 0 Å². The van der Waals surface area contributed by atoms with E-state index in [0.717, 1.165) is 6.54 Å². The smallest absolute Gasteiger partial charge is 0.258 e. The van der Waals surface area contributed by atoms with E-state index in [1.165, 1.54) is 19.3 Å². The lowest BCUT2D eigenvalue weighted by Gasteiger charge is -2.08. The first-order chi connectivity index (χ1) is 11.0. The molecule has 0 radical (unpaired) electrons. The Balaban J connectivity index is 2.03. The van der Waals surface area contributed by atoms with Crippen LogP contribution in [0.25, 0.3) is 0 Å². The summed E-state index contributed by atoms with van der Waals surface area (Å²) < 4.78 is 0. The van der Waals surface area contributed by atoms with Crippen molar-refractivity contribution in [2.24, 2.45) is 5.92 Å². The van der Waals surface area contributed by atoms with Gasteiger partial charge in [-0.15, -0.1) is 0 Å². The van der Waals surface area contributed by atoms with Gasteiger partial charge in [-0.05, 0) is 25.0 Å². The fourth-order valence-electron chi connectivity index (χ4n) is 1.85. The van der Waals surface area contributed by atoms with Gasteiger partial charge in [-0.1, -0.05) is 26.0 Å². The van der Waals surface area contributed by atoms with Crippen LogP contribution in [-0.4, -0.2) is 28.2 Å². The second-order valence-corrected chi connectivity index (χ2v) is 5.66. The fraction of sp³-hybridized carbons (Fsp3) is 0.294. The molecule has 0 saturated carbocycles. The second-order valence-electron chi connectivity index (χ2n) is 5.66. The highest BCUT2D eigenvalue weighted by molar-refractivity contribution is 6.04. The normalized spacial score (nSPS) is 10.4. The molecule has 6 nitrogen and oxygen atoms in total. The standard InChI is InChI=1S/C17H20N4O2/c1-11(2)8-18-17-19-9-14(10-20-17)16(23)21-15-6-4-5-13(7-15)12(3)22/h4-7,9-11H,8H2,1-3H3,(H,21,23)(H,18,19,20). The molecule has 2 aromatic rings. The number of anilines is 2. The molecule has 0 aliphatic heterocycles. The van der Waals surface area contributed by atoms with Gasteiger partial charge >= 0.3 is 0 Å². The van der Waals surface area contributed by atoms with E-state index in [1.807, 2.05) is 0 Å². The molecule has 23 heavy (non-hydrogen) atoms. The lowest BCUT2D eigenvalue weighted by molar-refractivity contribution is 0.101. The van der Waals surface area contributed by atoms with Crippen LogP contribution in [0.4, 0.5) is 11.6 Å². The Morgan fingerprint density at radius 3 is 2.43 bits per heavy atom. The molecule has 1 amide bonds. The average Bonchev–Trinajstić information content (AvgIpc) is 2.53. The van der Waals surface area contributed by atoms with E-state index in [-0.39, 0.29) is 11.7 Å². The summed E-state index contributed by atoms with van der Waals surface area (Å²) in [6.07, 6.45) is 2.94. The summed E-state index contributed by atoms with van der Waals surface area (Å²) >= 11 is 0. The molecule has 2 rings (SSSR count). The highest BCUT2D eigenvalue weighted by atomic mass is 16.1. The number of aromatic nitrogens is 2. The lowest BCUT2D eigenvalue weighted by atomic mass is 10.1. The number of ketones is 1. The van der Waals surface area contributed by atoms with Gasteiger partial charge in [0.25, 0.3) is 5.91 Å². The molecule has 120 valence electrons. The van der Waals surface area contributed by atoms with Gasteiger partial charge in [0.2, 0.25) is 5.95 Å². The molecule has 0 saturated heterocycles. The van der Waals surface area contributed by atoms with Gasteiger partial charge in [-0.25, -0.2) is 9.97 Å². The third-order valence-electron chi connectivity index (χ3n) is 3.11. The molecule has 0 bridgehead atoms. The molecular formula is C17H20N4O2. The average molecular weight is 312 g/mol. The summed E-state index contributed by atoms with van der Waals surface area (Å²) in [5.41, 5.74) is 1.46. The lowest BCUT2D eigenvalue weighted by Crippen LogP contribution is -2.15. The summed E-state index contributed by atoms with van der Waals surface area (Å²) in [6, 6.07) is 6.79. The molecule has 0 spiro atoms. The first kappa shape index (κ1) is 16.6. The largest absolute Gasteiger partial charge is 0.354 e. The highest BCUT2D eigenvalue weighted by Gasteiger charge is 2.09. The topological polar surface area (TPSA) is 84.0 Å². The minimum absolute atomic E-state index is 0.0509. The summed E-state index contributed by atoms with van der Waals surface area (Å²) in [5, 5.41) is 5.82. The van der Waals surface area contributed by atoms with Crippen LogP contribution in [0.3, 0.4) is 0 Å².